The van der Waals surface area contributed by atoms with Crippen LogP contribution in [0.3, 0.4) is 0 Å². The number of carbonyl (C=O) groups is 1. The van der Waals surface area contributed by atoms with Crippen LogP contribution in [0, 0.1) is 5.92 Å². The molecule has 0 aromatic heterocycles. The van der Waals surface area contributed by atoms with Gasteiger partial charge < -0.3 is 5.73 Å². The zero-order chi connectivity index (χ0) is 8.15. The van der Waals surface area contributed by atoms with E-state index in [0.717, 1.165) is 12.8 Å². The summed E-state index contributed by atoms with van der Waals surface area (Å²) in [6.07, 6.45) is 1.87. The molecule has 0 spiro atoms. The van der Waals surface area contributed by atoms with Gasteiger partial charge in [0.2, 0.25) is 0 Å². The summed E-state index contributed by atoms with van der Waals surface area (Å²) >= 11 is 0. The lowest BCUT2D eigenvalue weighted by Crippen LogP contribution is -2.28. The maximum Gasteiger partial charge on any atom is 0.146 e. The Morgan fingerprint density at radius 2 is 1.90 bits per heavy atom. The number of hydrogen-bond donors (Lipinski definition) is 1. The zero-order valence-corrected chi connectivity index (χ0v) is 7.05. The molecular weight excluding hydrogens is 126 g/mol. The van der Waals surface area contributed by atoms with E-state index in [1.54, 1.807) is 6.92 Å². The van der Waals surface area contributed by atoms with E-state index in [1.165, 1.54) is 0 Å². The van der Waals surface area contributed by atoms with Gasteiger partial charge in [-0.2, -0.15) is 0 Å². The van der Waals surface area contributed by atoms with E-state index in [4.69, 9.17) is 5.73 Å². The Hall–Kier alpha value is -0.370. The molecule has 2 N–H and O–H groups in total. The fraction of sp³-hybridized carbons (Fsp3) is 0.875. The molecule has 0 saturated carbocycles. The van der Waals surface area contributed by atoms with Crippen LogP contribution in [-0.2, 0) is 4.79 Å². The number of ketones is 1. The third-order valence-corrected chi connectivity index (χ3v) is 1.58. The highest BCUT2D eigenvalue weighted by atomic mass is 16.1. The monoisotopic (exact) mass is 143 g/mol. The molecule has 0 aromatic carbocycles. The van der Waals surface area contributed by atoms with Crippen molar-refractivity contribution in [2.45, 2.75) is 39.7 Å². The Morgan fingerprint density at radius 1 is 1.40 bits per heavy atom. The Kier molecular flexibility index (Phi) is 4.28. The van der Waals surface area contributed by atoms with Crippen molar-refractivity contribution in [1.29, 1.82) is 0 Å². The number of Topliss-reactive ketones (excluding diaryl/α,β-unsaturated/α-hetero) is 1. The quantitative estimate of drug-likeness (QED) is 0.645. The van der Waals surface area contributed by atoms with Crippen molar-refractivity contribution in [3.63, 3.8) is 0 Å². The second kappa shape index (κ2) is 4.45. The largest absolute Gasteiger partial charge is 0.322 e. The molecule has 0 amide bonds. The van der Waals surface area contributed by atoms with Gasteiger partial charge in [0.05, 0.1) is 6.04 Å². The highest BCUT2D eigenvalue weighted by Gasteiger charge is 2.07. The first-order chi connectivity index (χ1) is 4.54. The SMILES string of the molecule is CC(=O)[C@@H](N)CCC(C)C. The molecule has 60 valence electrons. The smallest absolute Gasteiger partial charge is 0.146 e. The fourth-order valence-electron chi connectivity index (χ4n) is 0.716. The van der Waals surface area contributed by atoms with Gasteiger partial charge in [-0.15, -0.1) is 0 Å². The maximum absolute atomic E-state index is 10.6. The summed E-state index contributed by atoms with van der Waals surface area (Å²) in [5.41, 5.74) is 5.52. The van der Waals surface area contributed by atoms with Gasteiger partial charge >= 0.3 is 0 Å². The number of hydrogen-bond acceptors (Lipinski definition) is 2. The van der Waals surface area contributed by atoms with Crippen LogP contribution in [0.15, 0.2) is 0 Å². The minimum absolute atomic E-state index is 0.0978. The van der Waals surface area contributed by atoms with E-state index in [2.05, 4.69) is 13.8 Å². The van der Waals surface area contributed by atoms with Crippen LogP contribution in [0.5, 0.6) is 0 Å². The summed E-state index contributed by atoms with van der Waals surface area (Å²) < 4.78 is 0. The molecule has 1 atom stereocenters. The second-order valence-electron chi connectivity index (χ2n) is 3.19. The van der Waals surface area contributed by atoms with Crippen molar-refractivity contribution in [3.05, 3.63) is 0 Å². The van der Waals surface area contributed by atoms with Gasteiger partial charge in [-0.1, -0.05) is 13.8 Å². The number of nitrogens with two attached hydrogens (primary N) is 1. The number of rotatable bonds is 4. The molecule has 0 aliphatic rings. The van der Waals surface area contributed by atoms with E-state index >= 15 is 0 Å². The fourth-order valence-corrected chi connectivity index (χ4v) is 0.716. The van der Waals surface area contributed by atoms with Gasteiger partial charge in [0.1, 0.15) is 5.78 Å². The van der Waals surface area contributed by atoms with Crippen LogP contribution in [0.2, 0.25) is 0 Å². The molecule has 0 bridgehead atoms. The first-order valence-corrected chi connectivity index (χ1v) is 3.80. The first-order valence-electron chi connectivity index (χ1n) is 3.80. The van der Waals surface area contributed by atoms with Crippen molar-refractivity contribution < 1.29 is 4.79 Å². The van der Waals surface area contributed by atoms with Crippen molar-refractivity contribution >= 4 is 5.78 Å². The van der Waals surface area contributed by atoms with Crippen LogP contribution in [0.25, 0.3) is 0 Å². The molecule has 0 rings (SSSR count). The highest BCUT2D eigenvalue weighted by molar-refractivity contribution is 5.80. The van der Waals surface area contributed by atoms with Gasteiger partial charge in [-0.25, -0.2) is 0 Å². The molecule has 0 heterocycles. The van der Waals surface area contributed by atoms with Gasteiger partial charge in [0, 0.05) is 0 Å². The van der Waals surface area contributed by atoms with E-state index in [1.807, 2.05) is 0 Å². The molecule has 2 heteroatoms. The van der Waals surface area contributed by atoms with Gasteiger partial charge in [-0.05, 0) is 25.7 Å². The molecule has 0 fully saturated rings. The van der Waals surface area contributed by atoms with Gasteiger partial charge in [0.25, 0.3) is 0 Å². The summed E-state index contributed by atoms with van der Waals surface area (Å²) in [5, 5.41) is 0. The van der Waals surface area contributed by atoms with E-state index in [-0.39, 0.29) is 11.8 Å². The predicted molar refractivity (Wildman–Crippen MR) is 42.7 cm³/mol. The topological polar surface area (TPSA) is 43.1 Å². The minimum Gasteiger partial charge on any atom is -0.322 e. The lowest BCUT2D eigenvalue weighted by Gasteiger charge is -2.08. The second-order valence-corrected chi connectivity index (χ2v) is 3.19. The molecule has 0 saturated heterocycles. The lowest BCUT2D eigenvalue weighted by molar-refractivity contribution is -0.118. The lowest BCUT2D eigenvalue weighted by atomic mass is 10.0. The molecular formula is C8H17NO. The van der Waals surface area contributed by atoms with E-state index in [9.17, 15) is 4.79 Å². The minimum atomic E-state index is -0.234. The number of carbonyl (C=O) groups excluding carboxylic acids is 1. The van der Waals surface area contributed by atoms with Crippen molar-refractivity contribution in [2.24, 2.45) is 11.7 Å². The Labute approximate surface area is 62.8 Å². The first kappa shape index (κ1) is 9.63. The third-order valence-electron chi connectivity index (χ3n) is 1.58. The molecule has 0 unspecified atom stereocenters. The Balaban J connectivity index is 3.40. The van der Waals surface area contributed by atoms with Crippen LogP contribution in [0.1, 0.15) is 33.6 Å². The predicted octanol–water partition coefficient (Wildman–Crippen LogP) is 1.34. The maximum atomic E-state index is 10.6. The van der Waals surface area contributed by atoms with Crippen molar-refractivity contribution in [3.8, 4) is 0 Å². The summed E-state index contributed by atoms with van der Waals surface area (Å²) in [7, 11) is 0. The van der Waals surface area contributed by atoms with Crippen molar-refractivity contribution in [1.82, 2.24) is 0 Å². The van der Waals surface area contributed by atoms with Gasteiger partial charge in [-0.3, -0.25) is 4.79 Å². The standard InChI is InChI=1S/C8H17NO/c1-6(2)4-5-8(9)7(3)10/h6,8H,4-5,9H2,1-3H3/t8-/m0/s1. The summed E-state index contributed by atoms with van der Waals surface area (Å²) in [4.78, 5) is 10.6. The van der Waals surface area contributed by atoms with E-state index < -0.39 is 0 Å². The average molecular weight is 143 g/mol. The summed E-state index contributed by atoms with van der Waals surface area (Å²) in [6.45, 7) is 5.81. The van der Waals surface area contributed by atoms with E-state index in [0.29, 0.717) is 5.92 Å². The Bertz CT molecular complexity index is 110. The zero-order valence-electron chi connectivity index (χ0n) is 7.05. The molecule has 0 aromatic rings. The van der Waals surface area contributed by atoms with Crippen molar-refractivity contribution in [2.75, 3.05) is 0 Å². The van der Waals surface area contributed by atoms with Crippen LogP contribution in [0.4, 0.5) is 0 Å². The average Bonchev–Trinajstić information content (AvgIpc) is 1.82. The van der Waals surface area contributed by atoms with Crippen LogP contribution < -0.4 is 5.73 Å². The van der Waals surface area contributed by atoms with Crippen LogP contribution >= 0.6 is 0 Å². The molecule has 0 aliphatic carbocycles. The molecule has 0 aliphatic heterocycles. The molecule has 10 heavy (non-hydrogen) atoms. The summed E-state index contributed by atoms with van der Waals surface area (Å²) in [5.74, 6) is 0.742. The summed E-state index contributed by atoms with van der Waals surface area (Å²) in [6, 6.07) is -0.234. The van der Waals surface area contributed by atoms with Crippen LogP contribution in [-0.4, -0.2) is 11.8 Å². The molecule has 2 nitrogen and oxygen atoms in total. The third kappa shape index (κ3) is 4.50. The normalized spacial score (nSPS) is 13.7. The highest BCUT2D eigenvalue weighted by Crippen LogP contribution is 2.05. The molecule has 0 radical (unpaired) electrons. The Morgan fingerprint density at radius 3 is 2.20 bits per heavy atom. The van der Waals surface area contributed by atoms with Gasteiger partial charge in [0.15, 0.2) is 0 Å².